The second-order valence-corrected chi connectivity index (χ2v) is 4.86. The highest BCUT2D eigenvalue weighted by atomic mass is 32.1. The second kappa shape index (κ2) is 7.70. The van der Waals surface area contributed by atoms with E-state index in [1.165, 1.54) is 0 Å². The van der Waals surface area contributed by atoms with E-state index < -0.39 is 0 Å². The van der Waals surface area contributed by atoms with Gasteiger partial charge in [-0.3, -0.25) is 15.6 Å². The van der Waals surface area contributed by atoms with Crippen molar-refractivity contribution in [1.29, 1.82) is 0 Å². The number of hydrazine groups is 1. The van der Waals surface area contributed by atoms with Crippen molar-refractivity contribution in [3.8, 4) is 0 Å². The fourth-order valence-electron chi connectivity index (χ4n) is 1.45. The molecule has 1 aromatic carbocycles. The first-order valence-corrected chi connectivity index (χ1v) is 6.46. The number of aryl methyl sites for hydroxylation is 1. The van der Waals surface area contributed by atoms with Crippen molar-refractivity contribution in [2.75, 3.05) is 27.2 Å². The number of hydrogen-bond acceptors (Lipinski definition) is 3. The van der Waals surface area contributed by atoms with E-state index in [0.717, 1.165) is 18.7 Å². The molecule has 0 aliphatic heterocycles. The van der Waals surface area contributed by atoms with Gasteiger partial charge in [-0.25, -0.2) is 0 Å². The highest BCUT2D eigenvalue weighted by Crippen LogP contribution is 2.05. The summed E-state index contributed by atoms with van der Waals surface area (Å²) in [5.41, 5.74) is 6.81. The lowest BCUT2D eigenvalue weighted by Gasteiger charge is -2.14. The third-order valence-electron chi connectivity index (χ3n) is 2.52. The van der Waals surface area contributed by atoms with Gasteiger partial charge in [0.05, 0.1) is 0 Å². The average molecular weight is 280 g/mol. The van der Waals surface area contributed by atoms with Crippen LogP contribution in [0.1, 0.15) is 15.9 Å². The molecule has 19 heavy (non-hydrogen) atoms. The zero-order valence-electron chi connectivity index (χ0n) is 11.5. The van der Waals surface area contributed by atoms with Crippen LogP contribution in [0.5, 0.6) is 0 Å². The molecule has 0 aliphatic rings. The number of thiocarbonyl (C=S) groups is 1. The lowest BCUT2D eigenvalue weighted by atomic mass is 10.1. The molecule has 0 bridgehead atoms. The first-order valence-electron chi connectivity index (χ1n) is 6.05. The van der Waals surface area contributed by atoms with Crippen molar-refractivity contribution in [2.24, 2.45) is 0 Å². The van der Waals surface area contributed by atoms with Crippen molar-refractivity contribution in [3.63, 3.8) is 0 Å². The van der Waals surface area contributed by atoms with Gasteiger partial charge in [-0.1, -0.05) is 18.2 Å². The molecular weight excluding hydrogens is 260 g/mol. The molecule has 0 spiro atoms. The number of rotatable bonds is 4. The summed E-state index contributed by atoms with van der Waals surface area (Å²) in [6.45, 7) is 3.48. The summed E-state index contributed by atoms with van der Waals surface area (Å²) in [6.07, 6.45) is 0. The predicted octanol–water partition coefficient (Wildman–Crippen LogP) is 0.666. The number of likely N-dealkylation sites (N-methyl/N-ethyl adjacent to an activating group) is 1. The molecule has 1 aromatic rings. The van der Waals surface area contributed by atoms with Gasteiger partial charge in [-0.05, 0) is 44.9 Å². The Bertz CT molecular complexity index is 448. The largest absolute Gasteiger partial charge is 0.360 e. The molecule has 6 heteroatoms. The van der Waals surface area contributed by atoms with Crippen LogP contribution in [0.4, 0.5) is 0 Å². The fraction of sp³-hybridized carbons (Fsp3) is 0.385. The van der Waals surface area contributed by atoms with Gasteiger partial charge < -0.3 is 10.2 Å². The van der Waals surface area contributed by atoms with Crippen LogP contribution in [0, 0.1) is 6.92 Å². The Kier molecular flexibility index (Phi) is 6.24. The van der Waals surface area contributed by atoms with Crippen molar-refractivity contribution >= 4 is 23.2 Å². The number of nitrogens with zero attached hydrogens (tertiary/aromatic N) is 1. The molecule has 0 atom stereocenters. The Hall–Kier alpha value is -1.66. The molecule has 0 unspecified atom stereocenters. The van der Waals surface area contributed by atoms with E-state index in [1.54, 1.807) is 6.07 Å². The summed E-state index contributed by atoms with van der Waals surface area (Å²) in [5.74, 6) is -0.199. The van der Waals surface area contributed by atoms with Crippen molar-refractivity contribution in [2.45, 2.75) is 6.92 Å². The van der Waals surface area contributed by atoms with E-state index >= 15 is 0 Å². The van der Waals surface area contributed by atoms with Crippen LogP contribution in [0.25, 0.3) is 0 Å². The number of hydrogen-bond donors (Lipinski definition) is 3. The van der Waals surface area contributed by atoms with Gasteiger partial charge in [0.15, 0.2) is 5.11 Å². The maximum absolute atomic E-state index is 11.9. The Labute approximate surface area is 119 Å². The lowest BCUT2D eigenvalue weighted by molar-refractivity contribution is 0.0943. The average Bonchev–Trinajstić information content (AvgIpc) is 2.36. The third kappa shape index (κ3) is 5.67. The minimum absolute atomic E-state index is 0.199. The summed E-state index contributed by atoms with van der Waals surface area (Å²) < 4.78 is 0. The number of benzene rings is 1. The van der Waals surface area contributed by atoms with Crippen LogP contribution in [-0.2, 0) is 0 Å². The Morgan fingerprint density at radius 1 is 1.26 bits per heavy atom. The molecule has 0 saturated heterocycles. The van der Waals surface area contributed by atoms with E-state index in [0.29, 0.717) is 10.7 Å². The van der Waals surface area contributed by atoms with Crippen LogP contribution >= 0.6 is 12.2 Å². The molecule has 0 heterocycles. The molecule has 0 radical (unpaired) electrons. The van der Waals surface area contributed by atoms with Crippen LogP contribution in [0.15, 0.2) is 24.3 Å². The lowest BCUT2D eigenvalue weighted by Crippen LogP contribution is -2.48. The predicted molar refractivity (Wildman–Crippen MR) is 80.9 cm³/mol. The SMILES string of the molecule is Cc1ccccc1C(=O)NNC(=S)NCCN(C)C. The normalized spacial score (nSPS) is 10.1. The molecule has 0 saturated carbocycles. The second-order valence-electron chi connectivity index (χ2n) is 4.45. The molecule has 1 rings (SSSR count). The molecule has 0 fully saturated rings. The molecule has 0 aromatic heterocycles. The molecule has 1 amide bonds. The summed E-state index contributed by atoms with van der Waals surface area (Å²) in [6, 6.07) is 7.39. The minimum atomic E-state index is -0.199. The van der Waals surface area contributed by atoms with E-state index in [9.17, 15) is 4.79 Å². The van der Waals surface area contributed by atoms with Gasteiger partial charge in [-0.2, -0.15) is 0 Å². The first-order chi connectivity index (χ1) is 9.00. The highest BCUT2D eigenvalue weighted by Gasteiger charge is 2.07. The fourth-order valence-corrected chi connectivity index (χ4v) is 1.60. The van der Waals surface area contributed by atoms with E-state index in [4.69, 9.17) is 12.2 Å². The van der Waals surface area contributed by atoms with E-state index in [1.807, 2.05) is 44.1 Å². The Morgan fingerprint density at radius 2 is 1.95 bits per heavy atom. The van der Waals surface area contributed by atoms with E-state index in [-0.39, 0.29) is 5.91 Å². The Balaban J connectivity index is 2.34. The summed E-state index contributed by atoms with van der Waals surface area (Å²) >= 11 is 5.05. The van der Waals surface area contributed by atoms with Gasteiger partial charge >= 0.3 is 0 Å². The van der Waals surface area contributed by atoms with Crippen molar-refractivity contribution in [1.82, 2.24) is 21.1 Å². The Morgan fingerprint density at radius 3 is 2.58 bits per heavy atom. The quantitative estimate of drug-likeness (QED) is 0.559. The van der Waals surface area contributed by atoms with Gasteiger partial charge in [0.25, 0.3) is 5.91 Å². The zero-order chi connectivity index (χ0) is 14.3. The van der Waals surface area contributed by atoms with Crippen molar-refractivity contribution < 1.29 is 4.79 Å². The van der Waals surface area contributed by atoms with E-state index in [2.05, 4.69) is 16.2 Å². The van der Waals surface area contributed by atoms with Gasteiger partial charge in [0.1, 0.15) is 0 Å². The van der Waals surface area contributed by atoms with Crippen LogP contribution < -0.4 is 16.2 Å². The first kappa shape index (κ1) is 15.4. The summed E-state index contributed by atoms with van der Waals surface area (Å²) in [7, 11) is 3.97. The molecule has 3 N–H and O–H groups in total. The van der Waals surface area contributed by atoms with Crippen LogP contribution in [0.2, 0.25) is 0 Å². The molecule has 0 aliphatic carbocycles. The minimum Gasteiger partial charge on any atom is -0.360 e. The smallest absolute Gasteiger partial charge is 0.269 e. The zero-order valence-corrected chi connectivity index (χ0v) is 12.3. The maximum atomic E-state index is 11.9. The molecule has 5 nitrogen and oxygen atoms in total. The van der Waals surface area contributed by atoms with Gasteiger partial charge in [0, 0.05) is 18.7 Å². The number of carbonyl (C=O) groups is 1. The summed E-state index contributed by atoms with van der Waals surface area (Å²) in [4.78, 5) is 13.9. The van der Waals surface area contributed by atoms with Crippen LogP contribution in [-0.4, -0.2) is 43.1 Å². The summed E-state index contributed by atoms with van der Waals surface area (Å²) in [5, 5.41) is 3.41. The number of nitrogens with one attached hydrogen (secondary N) is 3. The highest BCUT2D eigenvalue weighted by molar-refractivity contribution is 7.80. The monoisotopic (exact) mass is 280 g/mol. The standard InChI is InChI=1S/C13H20N4OS/c1-10-6-4-5-7-11(10)12(18)15-16-13(19)14-8-9-17(2)3/h4-7H,8-9H2,1-3H3,(H,15,18)(H2,14,16,19). The van der Waals surface area contributed by atoms with Gasteiger partial charge in [0.2, 0.25) is 0 Å². The number of carbonyl (C=O) groups excluding carboxylic acids is 1. The number of amides is 1. The van der Waals surface area contributed by atoms with Crippen molar-refractivity contribution in [3.05, 3.63) is 35.4 Å². The third-order valence-corrected chi connectivity index (χ3v) is 2.77. The van der Waals surface area contributed by atoms with Gasteiger partial charge in [-0.15, -0.1) is 0 Å². The maximum Gasteiger partial charge on any atom is 0.269 e. The molecule has 104 valence electrons. The van der Waals surface area contributed by atoms with Crippen LogP contribution in [0.3, 0.4) is 0 Å². The topological polar surface area (TPSA) is 56.4 Å². The molecular formula is C13H20N4OS.